The first-order valence-electron chi connectivity index (χ1n) is 2.24. The van der Waals surface area contributed by atoms with E-state index in [0.717, 1.165) is 0 Å². The summed E-state index contributed by atoms with van der Waals surface area (Å²) in [5.41, 5.74) is 0. The summed E-state index contributed by atoms with van der Waals surface area (Å²) in [6, 6.07) is 0. The van der Waals surface area contributed by atoms with E-state index in [4.69, 9.17) is 0 Å². The number of aromatic amines is 1. The standard InChI is InChI=1S/CF3.CH2N4.Na/c2-1(3)4;1-2-4-5-3-1;/h;1H,(H,2,3,4,5);. The van der Waals surface area contributed by atoms with Crippen molar-refractivity contribution < 1.29 is 13.2 Å². The van der Waals surface area contributed by atoms with Gasteiger partial charge in [-0.1, -0.05) is 0 Å². The van der Waals surface area contributed by atoms with Crippen molar-refractivity contribution in [2.75, 3.05) is 0 Å². The summed E-state index contributed by atoms with van der Waals surface area (Å²) in [5, 5.41) is 12.1. The van der Waals surface area contributed by atoms with Gasteiger partial charge in [-0.3, -0.25) is 0 Å². The Morgan fingerprint density at radius 1 is 1.40 bits per heavy atom. The molecule has 1 heterocycles. The molecule has 0 atom stereocenters. The van der Waals surface area contributed by atoms with Crippen molar-refractivity contribution in [3.8, 4) is 0 Å². The van der Waals surface area contributed by atoms with Gasteiger partial charge in [-0.2, -0.15) is 0 Å². The molecular weight excluding hydrogens is 160 g/mol. The quantitative estimate of drug-likeness (QED) is 0.541. The van der Waals surface area contributed by atoms with Gasteiger partial charge in [-0.05, 0) is 10.4 Å². The molecule has 0 radical (unpaired) electrons. The smallest absolute Gasteiger partial charge is 0.135 e. The number of alkyl halides is 3. The Balaban J connectivity index is 0.000000162. The Bertz CT molecular complexity index is 125. The van der Waals surface area contributed by atoms with E-state index >= 15 is 0 Å². The molecule has 0 fully saturated rings. The van der Waals surface area contributed by atoms with Crippen LogP contribution in [0.2, 0.25) is 0 Å². The molecule has 1 aromatic heterocycles. The van der Waals surface area contributed by atoms with E-state index in [0.29, 0.717) is 0 Å². The third-order valence-electron chi connectivity index (χ3n) is 0.270. The van der Waals surface area contributed by atoms with Crippen LogP contribution in [-0.4, -0.2) is 52.0 Å². The summed E-state index contributed by atoms with van der Waals surface area (Å²) in [6.45, 7) is 0. The predicted octanol–water partition coefficient (Wildman–Crippen LogP) is -0.126. The van der Waals surface area contributed by atoms with Gasteiger partial charge in [0.2, 0.25) is 0 Å². The van der Waals surface area contributed by atoms with Gasteiger partial charge >= 0.3 is 44.5 Å². The second-order valence-electron chi connectivity index (χ2n) is 1.34. The zero-order valence-electron chi connectivity index (χ0n) is 5.05. The van der Waals surface area contributed by atoms with Crippen molar-refractivity contribution in [3.63, 3.8) is 0 Å². The van der Waals surface area contributed by atoms with Gasteiger partial charge in [-0.25, -0.2) is 5.10 Å². The molecule has 0 amide bonds. The van der Waals surface area contributed by atoms with Gasteiger partial charge in [0.25, 0.3) is 0 Å². The van der Waals surface area contributed by atoms with E-state index in [9.17, 15) is 13.2 Å². The Morgan fingerprint density at radius 2 is 1.90 bits per heavy atom. The van der Waals surface area contributed by atoms with E-state index in [-0.39, 0.29) is 0 Å². The molecule has 0 unspecified atom stereocenters. The van der Waals surface area contributed by atoms with Crippen molar-refractivity contribution in [1.29, 1.82) is 0 Å². The average Bonchev–Trinajstić information content (AvgIpc) is 2.07. The summed E-state index contributed by atoms with van der Waals surface area (Å²) < 4.78 is 27.4. The minimum Gasteiger partial charge on any atom is -0.246 e. The number of hydrogen-bond donors (Lipinski definition) is 1. The zero-order valence-corrected chi connectivity index (χ0v) is 7.05. The van der Waals surface area contributed by atoms with Crippen LogP contribution in [0.5, 0.6) is 0 Å². The first kappa shape index (κ1) is 9.86. The molecule has 0 saturated heterocycles. The van der Waals surface area contributed by atoms with Crippen LogP contribution < -0.4 is 0 Å². The molecule has 0 bridgehead atoms. The Morgan fingerprint density at radius 3 is 2.00 bits per heavy atom. The molecule has 52 valence electrons. The van der Waals surface area contributed by atoms with Crippen LogP contribution in [0.3, 0.4) is 0 Å². The Labute approximate surface area is 71.6 Å². The summed E-state index contributed by atoms with van der Waals surface area (Å²) in [5.74, 6) is 0. The minimum absolute atomic E-state index is 0.692. The summed E-state index contributed by atoms with van der Waals surface area (Å²) >= 11 is -0.692. The molecule has 0 aliphatic rings. The van der Waals surface area contributed by atoms with Crippen LogP contribution in [0.25, 0.3) is 0 Å². The number of nitrogens with one attached hydrogen (secondary N) is 1. The minimum atomic E-state index is -3.86. The largest absolute Gasteiger partial charge is 0.246 e. The number of aromatic nitrogens is 4. The molecule has 8 heteroatoms. The fourth-order valence-corrected chi connectivity index (χ4v) is 0.129. The van der Waals surface area contributed by atoms with Crippen LogP contribution in [0.4, 0.5) is 13.2 Å². The topological polar surface area (TPSA) is 54.5 Å². The van der Waals surface area contributed by atoms with Crippen LogP contribution in [0.15, 0.2) is 6.33 Å². The van der Waals surface area contributed by atoms with Crippen LogP contribution in [0.1, 0.15) is 0 Å². The summed E-state index contributed by atoms with van der Waals surface area (Å²) in [6.07, 6.45) is 1.40. The normalized spacial score (nSPS) is 10.1. The maximum absolute atomic E-state index is 10.4. The first-order valence-corrected chi connectivity index (χ1v) is 3.24. The third-order valence-corrected chi connectivity index (χ3v) is 0.270. The van der Waals surface area contributed by atoms with Crippen LogP contribution >= 0.6 is 0 Å². The Hall–Kier alpha value is -0.140. The zero-order chi connectivity index (χ0) is 8.04. The third kappa shape index (κ3) is 15.7. The van der Waals surface area contributed by atoms with Crippen molar-refractivity contribution in [3.05, 3.63) is 6.33 Å². The number of rotatable bonds is 0. The average molecular weight is 162 g/mol. The first-order chi connectivity index (χ1) is 4.50. The van der Waals surface area contributed by atoms with E-state index in [1.165, 1.54) is 6.33 Å². The Kier molecular flexibility index (Phi) is 4.58. The van der Waals surface area contributed by atoms with Crippen molar-refractivity contribution in [2.24, 2.45) is 0 Å². The van der Waals surface area contributed by atoms with Gasteiger partial charge in [0.15, 0.2) is 0 Å². The molecule has 0 saturated carbocycles. The maximum Gasteiger partial charge on any atom is 0.135 e. The number of hydrogen-bond acceptors (Lipinski definition) is 3. The van der Waals surface area contributed by atoms with Gasteiger partial charge in [0.05, 0.1) is 0 Å². The van der Waals surface area contributed by atoms with E-state index in [1.807, 2.05) is 0 Å². The number of H-pyrrole nitrogens is 1. The monoisotopic (exact) mass is 162 g/mol. The molecule has 4 nitrogen and oxygen atoms in total. The SMILES string of the molecule is F[C](F)(F)[Na].c1nnn[nH]1. The van der Waals surface area contributed by atoms with Crippen molar-refractivity contribution in [1.82, 2.24) is 20.6 Å². The molecule has 0 aliphatic carbocycles. The van der Waals surface area contributed by atoms with Gasteiger partial charge < -0.3 is 0 Å². The predicted molar refractivity (Wildman–Crippen MR) is 26.0 cm³/mol. The van der Waals surface area contributed by atoms with Gasteiger partial charge in [0.1, 0.15) is 6.33 Å². The van der Waals surface area contributed by atoms with Gasteiger partial charge in [0, 0.05) is 0 Å². The van der Waals surface area contributed by atoms with E-state index in [2.05, 4.69) is 20.6 Å². The molecule has 0 aliphatic heterocycles. The number of halogens is 3. The van der Waals surface area contributed by atoms with E-state index in [1.54, 1.807) is 0 Å². The molecule has 1 rings (SSSR count). The van der Waals surface area contributed by atoms with Gasteiger partial charge in [-0.15, -0.1) is 5.10 Å². The molecule has 1 aromatic rings. The van der Waals surface area contributed by atoms with Crippen LogP contribution in [0, 0.1) is 0 Å². The molecule has 10 heavy (non-hydrogen) atoms. The summed E-state index contributed by atoms with van der Waals surface area (Å²) in [4.78, 5) is 0. The van der Waals surface area contributed by atoms with Crippen molar-refractivity contribution in [2.45, 2.75) is 3.43 Å². The van der Waals surface area contributed by atoms with Crippen LogP contribution in [-0.2, 0) is 0 Å². The second-order valence-corrected chi connectivity index (χ2v) is 2.48. The fourth-order valence-electron chi connectivity index (χ4n) is 0.129. The summed E-state index contributed by atoms with van der Waals surface area (Å²) in [7, 11) is 0. The molecule has 0 aromatic carbocycles. The maximum atomic E-state index is 10.4. The molecular formula is C2H2F3N4Na. The number of tetrazole rings is 1. The second kappa shape index (κ2) is 4.64. The van der Waals surface area contributed by atoms with E-state index < -0.39 is 31.4 Å². The molecule has 0 spiro atoms. The van der Waals surface area contributed by atoms with Crippen molar-refractivity contribution >= 4 is 27.9 Å². The fraction of sp³-hybridized carbons (Fsp3) is 0.500. The number of nitrogens with zero attached hydrogens (tertiary/aromatic N) is 3. The molecule has 1 N–H and O–H groups in total.